The largest absolute Gasteiger partial charge is 0.305 e. The molecule has 0 saturated heterocycles. The Kier molecular flexibility index (Phi) is 5.20. The molecular weight excluding hydrogens is 279 g/mol. The molecule has 0 spiro atoms. The third kappa shape index (κ3) is 3.69. The number of hydrogen-bond acceptors (Lipinski definition) is 2. The van der Waals surface area contributed by atoms with Crippen molar-refractivity contribution in [3.05, 3.63) is 63.9 Å². The number of benzene rings is 1. The Morgan fingerprint density at radius 1 is 1.16 bits per heavy atom. The van der Waals surface area contributed by atoms with Gasteiger partial charge in [-0.25, -0.2) is 0 Å². The molecule has 1 unspecified atom stereocenters. The average molecular weight is 295 g/mol. The van der Waals surface area contributed by atoms with Crippen LogP contribution in [0.25, 0.3) is 0 Å². The quantitative estimate of drug-likeness (QED) is 0.880. The topological polar surface area (TPSA) is 24.9 Å². The Morgan fingerprint density at radius 3 is 2.63 bits per heavy atom. The monoisotopic (exact) mass is 294 g/mol. The van der Waals surface area contributed by atoms with Gasteiger partial charge in [0.1, 0.15) is 0 Å². The highest BCUT2D eigenvalue weighted by Gasteiger charge is 2.15. The van der Waals surface area contributed by atoms with Gasteiger partial charge in [-0.05, 0) is 42.8 Å². The van der Waals surface area contributed by atoms with Crippen molar-refractivity contribution in [1.82, 2.24) is 10.3 Å². The summed E-state index contributed by atoms with van der Waals surface area (Å²) in [6.07, 6.45) is 2.86. The molecule has 0 aliphatic rings. The second kappa shape index (κ2) is 6.90. The molecule has 1 aromatic carbocycles. The molecule has 1 atom stereocenters. The lowest BCUT2D eigenvalue weighted by atomic mass is 10.0. The van der Waals surface area contributed by atoms with E-state index in [1.807, 2.05) is 36.4 Å². The zero-order valence-corrected chi connectivity index (χ0v) is 12.2. The summed E-state index contributed by atoms with van der Waals surface area (Å²) < 4.78 is 0. The van der Waals surface area contributed by atoms with Crippen LogP contribution in [-0.4, -0.2) is 11.5 Å². The number of nitrogens with one attached hydrogen (secondary N) is 1. The lowest BCUT2D eigenvalue weighted by Gasteiger charge is -2.19. The predicted octanol–water partition coefficient (Wildman–Crippen LogP) is 4.48. The molecule has 1 aromatic heterocycles. The molecule has 0 amide bonds. The minimum atomic E-state index is 0.0379. The van der Waals surface area contributed by atoms with E-state index in [0.717, 1.165) is 24.2 Å². The summed E-state index contributed by atoms with van der Waals surface area (Å²) in [6, 6.07) is 11.6. The Morgan fingerprint density at radius 2 is 2.00 bits per heavy atom. The van der Waals surface area contributed by atoms with Crippen LogP contribution in [0.3, 0.4) is 0 Å². The molecule has 1 heterocycles. The molecule has 0 aliphatic carbocycles. The minimum Gasteiger partial charge on any atom is -0.305 e. The molecule has 0 aliphatic heterocycles. The number of rotatable bonds is 5. The van der Waals surface area contributed by atoms with Gasteiger partial charge in [0.25, 0.3) is 0 Å². The van der Waals surface area contributed by atoms with Crippen molar-refractivity contribution in [2.75, 3.05) is 6.54 Å². The lowest BCUT2D eigenvalue weighted by Crippen LogP contribution is -2.24. The predicted molar refractivity (Wildman–Crippen MR) is 80.8 cm³/mol. The molecule has 19 heavy (non-hydrogen) atoms. The molecular formula is C15H16Cl2N2. The fourth-order valence-electron chi connectivity index (χ4n) is 1.92. The van der Waals surface area contributed by atoms with Crippen molar-refractivity contribution >= 4 is 23.2 Å². The molecule has 0 fully saturated rings. The molecule has 4 heteroatoms. The maximum atomic E-state index is 6.10. The van der Waals surface area contributed by atoms with Gasteiger partial charge in [-0.1, -0.05) is 42.3 Å². The summed E-state index contributed by atoms with van der Waals surface area (Å²) >= 11 is 12.1. The first-order valence-electron chi connectivity index (χ1n) is 6.31. The first kappa shape index (κ1) is 14.3. The van der Waals surface area contributed by atoms with Crippen LogP contribution in [0, 0.1) is 0 Å². The molecule has 2 nitrogen and oxygen atoms in total. The van der Waals surface area contributed by atoms with E-state index in [1.54, 1.807) is 6.20 Å². The highest BCUT2D eigenvalue weighted by atomic mass is 35.5. The van der Waals surface area contributed by atoms with E-state index >= 15 is 0 Å². The van der Waals surface area contributed by atoms with Crippen LogP contribution < -0.4 is 5.32 Å². The first-order valence-corrected chi connectivity index (χ1v) is 7.07. The highest BCUT2D eigenvalue weighted by Crippen LogP contribution is 2.28. The van der Waals surface area contributed by atoms with E-state index in [1.165, 1.54) is 0 Å². The van der Waals surface area contributed by atoms with Crippen molar-refractivity contribution in [2.24, 2.45) is 0 Å². The van der Waals surface area contributed by atoms with Crippen molar-refractivity contribution in [3.63, 3.8) is 0 Å². The summed E-state index contributed by atoms with van der Waals surface area (Å²) in [5.41, 5.74) is 2.05. The van der Waals surface area contributed by atoms with Crippen molar-refractivity contribution < 1.29 is 0 Å². The molecule has 1 N–H and O–H groups in total. The van der Waals surface area contributed by atoms with E-state index in [4.69, 9.17) is 23.2 Å². The highest BCUT2D eigenvalue weighted by molar-refractivity contribution is 6.42. The number of halogens is 2. The zero-order chi connectivity index (χ0) is 13.7. The molecule has 2 aromatic rings. The normalized spacial score (nSPS) is 12.4. The van der Waals surface area contributed by atoms with Crippen LogP contribution in [0.15, 0.2) is 42.6 Å². The van der Waals surface area contributed by atoms with Crippen LogP contribution in [-0.2, 0) is 0 Å². The summed E-state index contributed by atoms with van der Waals surface area (Å²) in [5, 5.41) is 4.62. The van der Waals surface area contributed by atoms with Gasteiger partial charge in [0.2, 0.25) is 0 Å². The van der Waals surface area contributed by atoms with Gasteiger partial charge >= 0.3 is 0 Å². The van der Waals surface area contributed by atoms with Gasteiger partial charge in [-0.15, -0.1) is 0 Å². The van der Waals surface area contributed by atoms with Gasteiger partial charge in [-0.3, -0.25) is 4.98 Å². The first-order chi connectivity index (χ1) is 9.22. The smallest absolute Gasteiger partial charge is 0.0751 e. The van der Waals surface area contributed by atoms with Crippen LogP contribution in [0.5, 0.6) is 0 Å². The van der Waals surface area contributed by atoms with Crippen molar-refractivity contribution in [3.8, 4) is 0 Å². The third-order valence-electron chi connectivity index (χ3n) is 2.86. The van der Waals surface area contributed by atoms with E-state index in [2.05, 4.69) is 17.2 Å². The van der Waals surface area contributed by atoms with Crippen LogP contribution in [0.4, 0.5) is 0 Å². The second-order valence-corrected chi connectivity index (χ2v) is 5.13. The molecule has 0 saturated carbocycles. The van der Waals surface area contributed by atoms with Gasteiger partial charge < -0.3 is 5.32 Å². The number of pyridine rings is 1. The van der Waals surface area contributed by atoms with Gasteiger partial charge in [0.15, 0.2) is 0 Å². The van der Waals surface area contributed by atoms with Crippen LogP contribution >= 0.6 is 23.2 Å². The Hall–Kier alpha value is -1.09. The third-order valence-corrected chi connectivity index (χ3v) is 3.60. The SMILES string of the molecule is CCCNC(c1ccc(Cl)c(Cl)c1)c1ccccn1. The number of nitrogens with zero attached hydrogens (tertiary/aromatic N) is 1. The van der Waals surface area contributed by atoms with E-state index in [0.29, 0.717) is 10.0 Å². The fourth-order valence-corrected chi connectivity index (χ4v) is 2.23. The lowest BCUT2D eigenvalue weighted by molar-refractivity contribution is 0.586. The zero-order valence-electron chi connectivity index (χ0n) is 10.7. The maximum absolute atomic E-state index is 6.10. The van der Waals surface area contributed by atoms with Crippen molar-refractivity contribution in [1.29, 1.82) is 0 Å². The van der Waals surface area contributed by atoms with Gasteiger partial charge in [0, 0.05) is 6.20 Å². The summed E-state index contributed by atoms with van der Waals surface area (Å²) in [5.74, 6) is 0. The molecule has 100 valence electrons. The number of hydrogen-bond donors (Lipinski definition) is 1. The van der Waals surface area contributed by atoms with Crippen LogP contribution in [0.1, 0.15) is 30.6 Å². The second-order valence-electron chi connectivity index (χ2n) is 4.32. The fraction of sp³-hybridized carbons (Fsp3) is 0.267. The Labute approximate surface area is 123 Å². The summed E-state index contributed by atoms with van der Waals surface area (Å²) in [4.78, 5) is 4.42. The average Bonchev–Trinajstić information content (AvgIpc) is 2.44. The van der Waals surface area contributed by atoms with E-state index in [9.17, 15) is 0 Å². The molecule has 2 rings (SSSR count). The maximum Gasteiger partial charge on any atom is 0.0751 e. The standard InChI is InChI=1S/C15H16Cl2N2/c1-2-8-19-15(14-5-3-4-9-18-14)11-6-7-12(16)13(17)10-11/h3-7,9-10,15,19H,2,8H2,1H3. The summed E-state index contributed by atoms with van der Waals surface area (Å²) in [6.45, 7) is 3.05. The Balaban J connectivity index is 2.34. The number of aromatic nitrogens is 1. The molecule has 0 bridgehead atoms. The van der Waals surface area contributed by atoms with Gasteiger partial charge in [-0.2, -0.15) is 0 Å². The van der Waals surface area contributed by atoms with E-state index < -0.39 is 0 Å². The van der Waals surface area contributed by atoms with Gasteiger partial charge in [0.05, 0.1) is 21.8 Å². The summed E-state index contributed by atoms with van der Waals surface area (Å²) in [7, 11) is 0. The van der Waals surface area contributed by atoms with Crippen LogP contribution in [0.2, 0.25) is 10.0 Å². The molecule has 0 radical (unpaired) electrons. The van der Waals surface area contributed by atoms with Crippen molar-refractivity contribution in [2.45, 2.75) is 19.4 Å². The Bertz CT molecular complexity index is 529. The minimum absolute atomic E-state index is 0.0379. The van der Waals surface area contributed by atoms with E-state index in [-0.39, 0.29) is 6.04 Å².